The van der Waals surface area contributed by atoms with Gasteiger partial charge in [-0.1, -0.05) is 0 Å². The molecular weight excluding hydrogens is 253 g/mol. The maximum Gasteiger partial charge on any atom is 0.574 e. The predicted molar refractivity (Wildman–Crippen MR) is 54.9 cm³/mol. The van der Waals surface area contributed by atoms with Gasteiger partial charge in [0.25, 0.3) is 0 Å². The zero-order valence-corrected chi connectivity index (χ0v) is 9.67. The lowest BCUT2D eigenvalue weighted by atomic mass is 10.1. The smallest absolute Gasteiger partial charge is 0.465 e. The largest absolute Gasteiger partial charge is 0.574 e. The Balaban J connectivity index is 3.23. The number of rotatable bonds is 3. The number of carbonyl (C=O) groups is 1. The molecule has 8 heteroatoms. The van der Waals surface area contributed by atoms with Gasteiger partial charge in [0.15, 0.2) is 0 Å². The summed E-state index contributed by atoms with van der Waals surface area (Å²) in [4.78, 5) is 15.0. The molecule has 0 radical (unpaired) electrons. The van der Waals surface area contributed by atoms with Crippen molar-refractivity contribution in [1.82, 2.24) is 4.98 Å². The molecule has 0 amide bonds. The molecule has 0 aliphatic carbocycles. The summed E-state index contributed by atoms with van der Waals surface area (Å²) in [6.07, 6.45) is -4.85. The van der Waals surface area contributed by atoms with Crippen LogP contribution in [0.1, 0.15) is 21.6 Å². The SMILES string of the molecule is COC(=O)c1c(CN)cc(OC(F)(F)F)nc1C. The van der Waals surface area contributed by atoms with Crippen molar-refractivity contribution in [3.63, 3.8) is 0 Å². The lowest BCUT2D eigenvalue weighted by Crippen LogP contribution is -2.20. The van der Waals surface area contributed by atoms with Crippen molar-refractivity contribution in [3.05, 3.63) is 22.9 Å². The van der Waals surface area contributed by atoms with Gasteiger partial charge in [0.1, 0.15) is 0 Å². The quantitative estimate of drug-likeness (QED) is 0.838. The average molecular weight is 264 g/mol. The molecule has 2 N–H and O–H groups in total. The first-order valence-electron chi connectivity index (χ1n) is 4.83. The normalized spacial score (nSPS) is 11.2. The number of hydrogen-bond acceptors (Lipinski definition) is 5. The Bertz CT molecular complexity index is 460. The molecular formula is C10H11F3N2O3. The molecule has 0 saturated heterocycles. The number of ether oxygens (including phenoxy) is 2. The number of halogens is 3. The first-order valence-corrected chi connectivity index (χ1v) is 4.83. The van der Waals surface area contributed by atoms with E-state index in [1.165, 1.54) is 6.92 Å². The Labute approximate surface area is 101 Å². The van der Waals surface area contributed by atoms with E-state index in [0.717, 1.165) is 13.2 Å². The molecule has 0 bridgehead atoms. The average Bonchev–Trinajstić information content (AvgIpc) is 2.24. The molecule has 100 valence electrons. The van der Waals surface area contributed by atoms with E-state index in [0.29, 0.717) is 0 Å². The fourth-order valence-electron chi connectivity index (χ4n) is 1.42. The van der Waals surface area contributed by atoms with Crippen molar-refractivity contribution in [2.24, 2.45) is 5.73 Å². The van der Waals surface area contributed by atoms with Gasteiger partial charge >= 0.3 is 12.3 Å². The molecule has 0 aliphatic rings. The number of pyridine rings is 1. The second-order valence-electron chi connectivity index (χ2n) is 3.32. The van der Waals surface area contributed by atoms with Gasteiger partial charge in [-0.05, 0) is 12.5 Å². The van der Waals surface area contributed by atoms with Gasteiger partial charge in [-0.2, -0.15) is 0 Å². The Morgan fingerprint density at radius 3 is 2.56 bits per heavy atom. The van der Waals surface area contributed by atoms with Crippen LogP contribution in [0.3, 0.4) is 0 Å². The van der Waals surface area contributed by atoms with E-state index in [1.807, 2.05) is 0 Å². The molecule has 0 aromatic carbocycles. The first-order chi connectivity index (χ1) is 8.28. The molecule has 0 spiro atoms. The summed E-state index contributed by atoms with van der Waals surface area (Å²) in [5.74, 6) is -1.37. The van der Waals surface area contributed by atoms with E-state index in [4.69, 9.17) is 5.73 Å². The summed E-state index contributed by atoms with van der Waals surface area (Å²) >= 11 is 0. The third-order valence-corrected chi connectivity index (χ3v) is 2.09. The Kier molecular flexibility index (Phi) is 4.12. The van der Waals surface area contributed by atoms with Crippen molar-refractivity contribution in [3.8, 4) is 5.88 Å². The number of alkyl halides is 3. The van der Waals surface area contributed by atoms with Gasteiger partial charge in [-0.3, -0.25) is 0 Å². The zero-order valence-electron chi connectivity index (χ0n) is 9.67. The standard InChI is InChI=1S/C10H11F3N2O3/c1-5-8(9(16)17-2)6(4-14)3-7(15-5)18-10(11,12)13/h3H,4,14H2,1-2H3. The van der Waals surface area contributed by atoms with E-state index in [-0.39, 0.29) is 23.4 Å². The van der Waals surface area contributed by atoms with Crippen LogP contribution >= 0.6 is 0 Å². The molecule has 0 fully saturated rings. The third kappa shape index (κ3) is 3.33. The number of esters is 1. The fourth-order valence-corrected chi connectivity index (χ4v) is 1.42. The molecule has 0 saturated carbocycles. The number of hydrogen-bond donors (Lipinski definition) is 1. The lowest BCUT2D eigenvalue weighted by Gasteiger charge is -2.13. The zero-order chi connectivity index (χ0) is 13.9. The highest BCUT2D eigenvalue weighted by atomic mass is 19.4. The van der Waals surface area contributed by atoms with Crippen molar-refractivity contribution >= 4 is 5.97 Å². The van der Waals surface area contributed by atoms with E-state index in [1.54, 1.807) is 0 Å². The number of carbonyl (C=O) groups excluding carboxylic acids is 1. The van der Waals surface area contributed by atoms with Crippen LogP contribution in [0, 0.1) is 6.92 Å². The van der Waals surface area contributed by atoms with Crippen molar-refractivity contribution in [2.75, 3.05) is 7.11 Å². The van der Waals surface area contributed by atoms with Crippen molar-refractivity contribution in [1.29, 1.82) is 0 Å². The summed E-state index contributed by atoms with van der Waals surface area (Å²) in [7, 11) is 1.15. The second-order valence-corrected chi connectivity index (χ2v) is 3.32. The highest BCUT2D eigenvalue weighted by Crippen LogP contribution is 2.24. The third-order valence-electron chi connectivity index (χ3n) is 2.09. The predicted octanol–water partition coefficient (Wildman–Crippen LogP) is 1.53. The number of methoxy groups -OCH3 is 1. The number of nitrogens with two attached hydrogens (primary N) is 1. The maximum absolute atomic E-state index is 12.0. The minimum atomic E-state index is -4.85. The monoisotopic (exact) mass is 264 g/mol. The summed E-state index contributed by atoms with van der Waals surface area (Å²) < 4.78 is 44.3. The number of aromatic nitrogens is 1. The Morgan fingerprint density at radius 1 is 1.50 bits per heavy atom. The van der Waals surface area contributed by atoms with Crippen LogP contribution in [-0.2, 0) is 11.3 Å². The van der Waals surface area contributed by atoms with Crippen LogP contribution in [0.25, 0.3) is 0 Å². The highest BCUT2D eigenvalue weighted by Gasteiger charge is 2.32. The van der Waals surface area contributed by atoms with Gasteiger partial charge in [-0.25, -0.2) is 9.78 Å². The molecule has 1 aromatic rings. The molecule has 1 heterocycles. The summed E-state index contributed by atoms with van der Waals surface area (Å²) in [6.45, 7) is 1.23. The number of aryl methyl sites for hydroxylation is 1. The van der Waals surface area contributed by atoms with Crippen LogP contribution < -0.4 is 10.5 Å². The summed E-state index contributed by atoms with van der Waals surface area (Å²) in [6, 6.07) is 0.965. The molecule has 1 rings (SSSR count). The topological polar surface area (TPSA) is 74.4 Å². The fraction of sp³-hybridized carbons (Fsp3) is 0.400. The maximum atomic E-state index is 12.0. The Hall–Kier alpha value is -1.83. The lowest BCUT2D eigenvalue weighted by molar-refractivity contribution is -0.276. The summed E-state index contributed by atoms with van der Waals surface area (Å²) in [5.41, 5.74) is 5.66. The van der Waals surface area contributed by atoms with Gasteiger partial charge in [-0.15, -0.1) is 13.2 Å². The van der Waals surface area contributed by atoms with Gasteiger partial charge < -0.3 is 15.2 Å². The van der Waals surface area contributed by atoms with Gasteiger partial charge in [0.05, 0.1) is 18.4 Å². The van der Waals surface area contributed by atoms with Crippen molar-refractivity contribution < 1.29 is 27.4 Å². The van der Waals surface area contributed by atoms with Crippen LogP contribution in [0.5, 0.6) is 5.88 Å². The Morgan fingerprint density at radius 2 is 2.11 bits per heavy atom. The molecule has 18 heavy (non-hydrogen) atoms. The molecule has 0 unspecified atom stereocenters. The minimum Gasteiger partial charge on any atom is -0.465 e. The van der Waals surface area contributed by atoms with Crippen LogP contribution in [0.2, 0.25) is 0 Å². The molecule has 0 aliphatic heterocycles. The van der Waals surface area contributed by atoms with Gasteiger partial charge in [0, 0.05) is 12.6 Å². The van der Waals surface area contributed by atoms with Crippen LogP contribution in [-0.4, -0.2) is 24.4 Å². The highest BCUT2D eigenvalue weighted by molar-refractivity contribution is 5.92. The number of nitrogens with zero attached hydrogens (tertiary/aromatic N) is 1. The van der Waals surface area contributed by atoms with Crippen molar-refractivity contribution in [2.45, 2.75) is 19.8 Å². The van der Waals surface area contributed by atoms with Crippen LogP contribution in [0.15, 0.2) is 6.07 Å². The van der Waals surface area contributed by atoms with E-state index >= 15 is 0 Å². The molecule has 5 nitrogen and oxygen atoms in total. The molecule has 1 aromatic heterocycles. The van der Waals surface area contributed by atoms with E-state index in [9.17, 15) is 18.0 Å². The second kappa shape index (κ2) is 5.21. The summed E-state index contributed by atoms with van der Waals surface area (Å²) in [5, 5.41) is 0. The van der Waals surface area contributed by atoms with Crippen LogP contribution in [0.4, 0.5) is 13.2 Å². The van der Waals surface area contributed by atoms with E-state index < -0.39 is 18.2 Å². The van der Waals surface area contributed by atoms with Gasteiger partial charge in [0.2, 0.25) is 5.88 Å². The molecule has 0 atom stereocenters. The van der Waals surface area contributed by atoms with E-state index in [2.05, 4.69) is 14.5 Å². The minimum absolute atomic E-state index is 0.0505. The first kappa shape index (κ1) is 14.2.